The Bertz CT molecular complexity index is 2980. The van der Waals surface area contributed by atoms with Crippen LogP contribution in [0.3, 0.4) is 0 Å². The fourth-order valence-electron chi connectivity index (χ4n) is 8.64. The van der Waals surface area contributed by atoms with Gasteiger partial charge in [0, 0.05) is 36.0 Å². The average molecular weight is 757 g/mol. The van der Waals surface area contributed by atoms with E-state index < -0.39 is 0 Å². The molecule has 0 radical (unpaired) electrons. The van der Waals surface area contributed by atoms with E-state index in [-0.39, 0.29) is 0 Å². The molecule has 1 aromatic heterocycles. The number of rotatable bonds is 4. The normalized spacial score (nSPS) is 13.1. The second-order valence-electron chi connectivity index (χ2n) is 14.8. The molecule has 0 saturated carbocycles. The Balaban J connectivity index is 1.00. The monoisotopic (exact) mass is 756 g/mol. The molecule has 3 heterocycles. The lowest BCUT2D eigenvalue weighted by atomic mass is 9.98. The number of furan rings is 1. The molecule has 5 heteroatoms. The van der Waals surface area contributed by atoms with Gasteiger partial charge in [-0.15, -0.1) is 0 Å². The number of benzene rings is 8. The first-order chi connectivity index (χ1) is 27.5. The zero-order valence-corrected chi connectivity index (χ0v) is 32.8. The second-order valence-corrected chi connectivity index (χ2v) is 16.9. The molecule has 9 aromatic rings. The minimum atomic E-state index is 0.892. The zero-order chi connectivity index (χ0) is 37.5. The van der Waals surface area contributed by atoms with Gasteiger partial charge in [0.25, 0.3) is 0 Å². The Kier molecular flexibility index (Phi) is 7.70. The molecule has 0 unspecified atom stereocenters. The highest BCUT2D eigenvalue weighted by Gasteiger charge is 2.28. The lowest BCUT2D eigenvalue weighted by Gasteiger charge is -2.35. The molecule has 0 N–H and O–H groups in total. The molecule has 0 saturated heterocycles. The summed E-state index contributed by atoms with van der Waals surface area (Å²) in [5.74, 6) is 0. The van der Waals surface area contributed by atoms with Gasteiger partial charge in [0.1, 0.15) is 11.2 Å². The van der Waals surface area contributed by atoms with Crippen LogP contribution in [0.15, 0.2) is 188 Å². The van der Waals surface area contributed by atoms with Crippen molar-refractivity contribution in [1.29, 1.82) is 0 Å². The molecule has 56 heavy (non-hydrogen) atoms. The van der Waals surface area contributed by atoms with Crippen molar-refractivity contribution in [3.05, 3.63) is 180 Å². The Labute approximate surface area is 335 Å². The quantitative estimate of drug-likeness (QED) is 0.178. The average Bonchev–Trinajstić information content (AvgIpc) is 3.59. The van der Waals surface area contributed by atoms with Crippen LogP contribution in [-0.2, 0) is 0 Å². The summed E-state index contributed by atoms with van der Waals surface area (Å²) in [4.78, 5) is 9.90. The SMILES string of the molecule is Cc1cc(C)c(N2c3ccccc3Sc3ccc(-c4ccc5oc6ccc(-c7cccc(N8c9ccccc9Sc9ccccc98)c7)cc6c5c4)cc32)c(C)c1. The summed E-state index contributed by atoms with van der Waals surface area (Å²) in [5.41, 5.74) is 17.5. The maximum atomic E-state index is 6.45. The van der Waals surface area contributed by atoms with Crippen molar-refractivity contribution in [2.24, 2.45) is 0 Å². The van der Waals surface area contributed by atoms with Crippen LogP contribution >= 0.6 is 23.5 Å². The highest BCUT2D eigenvalue weighted by molar-refractivity contribution is 8.00. The van der Waals surface area contributed by atoms with E-state index in [2.05, 4.69) is 194 Å². The van der Waals surface area contributed by atoms with Crippen LogP contribution in [0.5, 0.6) is 0 Å². The van der Waals surface area contributed by atoms with Gasteiger partial charge in [-0.3, -0.25) is 0 Å². The summed E-state index contributed by atoms with van der Waals surface area (Å²) in [6.07, 6.45) is 0. The van der Waals surface area contributed by atoms with Crippen LogP contribution in [0.1, 0.15) is 16.7 Å². The fourth-order valence-corrected chi connectivity index (χ4v) is 10.7. The van der Waals surface area contributed by atoms with Crippen molar-refractivity contribution in [3.63, 3.8) is 0 Å². The van der Waals surface area contributed by atoms with Gasteiger partial charge in [-0.2, -0.15) is 0 Å². The number of para-hydroxylation sites is 3. The molecular formula is C51H36N2OS2. The van der Waals surface area contributed by atoms with Crippen LogP contribution in [0.4, 0.5) is 34.1 Å². The summed E-state index contributed by atoms with van der Waals surface area (Å²) in [7, 11) is 0. The predicted octanol–water partition coefficient (Wildman–Crippen LogP) is 15.7. The minimum absolute atomic E-state index is 0.892. The molecule has 0 atom stereocenters. The maximum Gasteiger partial charge on any atom is 0.135 e. The predicted molar refractivity (Wildman–Crippen MR) is 236 cm³/mol. The number of hydrogen-bond donors (Lipinski definition) is 0. The highest BCUT2D eigenvalue weighted by atomic mass is 32.2. The van der Waals surface area contributed by atoms with Crippen LogP contribution in [0.2, 0.25) is 0 Å². The van der Waals surface area contributed by atoms with Crippen molar-refractivity contribution < 1.29 is 4.42 Å². The van der Waals surface area contributed by atoms with Gasteiger partial charge in [0.05, 0.1) is 28.4 Å². The van der Waals surface area contributed by atoms with Crippen molar-refractivity contribution in [3.8, 4) is 22.3 Å². The molecule has 0 fully saturated rings. The van der Waals surface area contributed by atoms with E-state index in [1.54, 1.807) is 0 Å². The van der Waals surface area contributed by atoms with E-state index in [1.165, 1.54) is 70.3 Å². The van der Waals surface area contributed by atoms with Gasteiger partial charge in [0.2, 0.25) is 0 Å². The van der Waals surface area contributed by atoms with E-state index in [1.807, 2.05) is 23.5 Å². The number of hydrogen-bond acceptors (Lipinski definition) is 5. The third-order valence-electron chi connectivity index (χ3n) is 11.1. The third-order valence-corrected chi connectivity index (χ3v) is 13.3. The van der Waals surface area contributed by atoms with E-state index in [0.29, 0.717) is 0 Å². The second kappa shape index (κ2) is 13.0. The topological polar surface area (TPSA) is 19.6 Å². The summed E-state index contributed by atoms with van der Waals surface area (Å²) in [6, 6.07) is 59.8. The molecule has 0 amide bonds. The first kappa shape index (κ1) is 33.2. The Morgan fingerprint density at radius 3 is 1.46 bits per heavy atom. The van der Waals surface area contributed by atoms with E-state index >= 15 is 0 Å². The van der Waals surface area contributed by atoms with Gasteiger partial charge in [-0.1, -0.05) is 108 Å². The Morgan fingerprint density at radius 1 is 0.393 bits per heavy atom. The largest absolute Gasteiger partial charge is 0.456 e. The smallest absolute Gasteiger partial charge is 0.135 e. The van der Waals surface area contributed by atoms with E-state index in [0.717, 1.165) is 44.3 Å². The fraction of sp³-hybridized carbons (Fsp3) is 0.0588. The molecule has 3 nitrogen and oxygen atoms in total. The van der Waals surface area contributed by atoms with Crippen LogP contribution in [-0.4, -0.2) is 0 Å². The van der Waals surface area contributed by atoms with Crippen molar-refractivity contribution in [1.82, 2.24) is 0 Å². The van der Waals surface area contributed by atoms with Gasteiger partial charge in [-0.05, 0) is 139 Å². The number of anilines is 6. The third kappa shape index (κ3) is 5.37. The summed E-state index contributed by atoms with van der Waals surface area (Å²) >= 11 is 3.68. The minimum Gasteiger partial charge on any atom is -0.456 e. The lowest BCUT2D eigenvalue weighted by molar-refractivity contribution is 0.669. The van der Waals surface area contributed by atoms with Crippen molar-refractivity contribution in [2.75, 3.05) is 9.80 Å². The molecule has 0 spiro atoms. The maximum absolute atomic E-state index is 6.45. The molecular weight excluding hydrogens is 721 g/mol. The lowest BCUT2D eigenvalue weighted by Crippen LogP contribution is -2.17. The van der Waals surface area contributed by atoms with Crippen LogP contribution < -0.4 is 9.80 Å². The molecule has 2 aliphatic heterocycles. The highest BCUT2D eigenvalue weighted by Crippen LogP contribution is 2.54. The summed E-state index contributed by atoms with van der Waals surface area (Å²) in [5, 5.41) is 2.23. The summed E-state index contributed by atoms with van der Waals surface area (Å²) in [6.45, 7) is 6.64. The Hall–Kier alpha value is -6.14. The number of fused-ring (bicyclic) bond motifs is 7. The summed E-state index contributed by atoms with van der Waals surface area (Å²) < 4.78 is 6.45. The van der Waals surface area contributed by atoms with Crippen molar-refractivity contribution in [2.45, 2.75) is 40.4 Å². The Morgan fingerprint density at radius 2 is 0.875 bits per heavy atom. The van der Waals surface area contributed by atoms with Crippen molar-refractivity contribution >= 4 is 79.6 Å². The first-order valence-corrected chi connectivity index (χ1v) is 20.6. The molecule has 268 valence electrons. The van der Waals surface area contributed by atoms with Gasteiger partial charge in [-0.25, -0.2) is 0 Å². The van der Waals surface area contributed by atoms with E-state index in [4.69, 9.17) is 4.42 Å². The molecule has 2 aliphatic rings. The molecule has 0 aliphatic carbocycles. The molecule has 8 aromatic carbocycles. The standard InChI is InChI=1S/C51H36N2OS2/c1-31-25-32(2)51(33(3)26-31)53-43-15-6-9-18-49(43)56-50-24-21-37(30-44(50)53)36-20-23-46-40(29-36)39-28-35(19-22-45(39)54-46)34-11-10-12-38(27-34)52-41-13-4-7-16-47(41)55-48-17-8-5-14-42(48)52/h4-30H,1-3H3. The van der Waals surface area contributed by atoms with Gasteiger partial charge < -0.3 is 14.2 Å². The van der Waals surface area contributed by atoms with Crippen LogP contribution in [0, 0.1) is 20.8 Å². The van der Waals surface area contributed by atoms with E-state index in [9.17, 15) is 0 Å². The zero-order valence-electron chi connectivity index (χ0n) is 31.2. The van der Waals surface area contributed by atoms with Gasteiger partial charge >= 0.3 is 0 Å². The van der Waals surface area contributed by atoms with Gasteiger partial charge in [0.15, 0.2) is 0 Å². The van der Waals surface area contributed by atoms with Crippen LogP contribution in [0.25, 0.3) is 44.2 Å². The number of aryl methyl sites for hydroxylation is 3. The molecule has 0 bridgehead atoms. The first-order valence-electron chi connectivity index (χ1n) is 19.0. The molecule has 11 rings (SSSR count). The number of nitrogens with zero attached hydrogens (tertiary/aromatic N) is 2.